The third kappa shape index (κ3) is 4.03. The Morgan fingerprint density at radius 2 is 1.31 bits per heavy atom. The molecular formula is C22H19BrN2S. The highest BCUT2D eigenvalue weighted by Gasteiger charge is 2.09. The van der Waals surface area contributed by atoms with E-state index >= 15 is 0 Å². The zero-order chi connectivity index (χ0) is 16.9. The van der Waals surface area contributed by atoms with Crippen molar-refractivity contribution >= 4 is 28.3 Å². The second kappa shape index (κ2) is 8.79. The van der Waals surface area contributed by atoms with Gasteiger partial charge in [0.2, 0.25) is 0 Å². The maximum atomic E-state index is 4.88. The van der Waals surface area contributed by atoms with Crippen molar-refractivity contribution in [2.75, 3.05) is 0 Å². The summed E-state index contributed by atoms with van der Waals surface area (Å²) >= 11 is 1.68. The Morgan fingerprint density at radius 1 is 0.731 bits per heavy atom. The number of nitrogens with zero attached hydrogens (tertiary/aromatic N) is 2. The van der Waals surface area contributed by atoms with Gasteiger partial charge in [0.25, 0.3) is 0 Å². The minimum absolute atomic E-state index is 0. The molecule has 0 amide bonds. The van der Waals surface area contributed by atoms with Gasteiger partial charge in [-0.3, -0.25) is 9.56 Å². The number of rotatable bonds is 4. The molecule has 1 heterocycles. The summed E-state index contributed by atoms with van der Waals surface area (Å²) in [4.78, 5) is 5.89. The molecule has 4 heteroatoms. The highest BCUT2D eigenvalue weighted by Crippen LogP contribution is 2.23. The van der Waals surface area contributed by atoms with Crippen LogP contribution in [0, 0.1) is 0 Å². The number of para-hydroxylation sites is 1. The monoisotopic (exact) mass is 422 g/mol. The zero-order valence-corrected chi connectivity index (χ0v) is 16.7. The van der Waals surface area contributed by atoms with Crippen LogP contribution in [0.2, 0.25) is 0 Å². The summed E-state index contributed by atoms with van der Waals surface area (Å²) in [6.07, 6.45) is 0. The number of halogens is 1. The van der Waals surface area contributed by atoms with Gasteiger partial charge in [-0.15, -0.1) is 28.3 Å². The first-order chi connectivity index (χ1) is 12.4. The van der Waals surface area contributed by atoms with Crippen molar-refractivity contribution in [3.63, 3.8) is 0 Å². The first kappa shape index (κ1) is 18.4. The number of hydrogen-bond donors (Lipinski definition) is 0. The molecular weight excluding hydrogens is 404 g/mol. The minimum Gasteiger partial charge on any atom is -0.285 e. The molecule has 0 aliphatic heterocycles. The zero-order valence-electron chi connectivity index (χ0n) is 14.2. The molecule has 3 aromatic carbocycles. The molecule has 2 nitrogen and oxygen atoms in total. The maximum absolute atomic E-state index is 4.88. The molecule has 0 atom stereocenters. The van der Waals surface area contributed by atoms with Crippen molar-refractivity contribution in [1.82, 2.24) is 4.57 Å². The fraction of sp³-hybridized carbons (Fsp3) is 0.0455. The van der Waals surface area contributed by atoms with Gasteiger partial charge in [-0.1, -0.05) is 78.9 Å². The van der Waals surface area contributed by atoms with Crippen molar-refractivity contribution in [2.24, 2.45) is 4.99 Å². The summed E-state index contributed by atoms with van der Waals surface area (Å²) < 4.78 is 2.24. The lowest BCUT2D eigenvalue weighted by atomic mass is 10.1. The quantitative estimate of drug-likeness (QED) is 0.390. The van der Waals surface area contributed by atoms with E-state index in [9.17, 15) is 0 Å². The van der Waals surface area contributed by atoms with Gasteiger partial charge >= 0.3 is 0 Å². The van der Waals surface area contributed by atoms with E-state index in [-0.39, 0.29) is 17.0 Å². The first-order valence-corrected chi connectivity index (χ1v) is 9.15. The molecule has 0 saturated heterocycles. The molecule has 0 aliphatic rings. The molecule has 4 aromatic rings. The lowest BCUT2D eigenvalue weighted by molar-refractivity contribution is 0.928. The summed E-state index contributed by atoms with van der Waals surface area (Å²) in [6, 6.07) is 31.3. The average molecular weight is 423 g/mol. The van der Waals surface area contributed by atoms with E-state index in [4.69, 9.17) is 4.99 Å². The second-order valence-electron chi connectivity index (χ2n) is 5.74. The Balaban J connectivity index is 0.00000196. The molecule has 0 aliphatic carbocycles. The molecule has 4 rings (SSSR count). The molecule has 0 bridgehead atoms. The van der Waals surface area contributed by atoms with Gasteiger partial charge in [-0.05, 0) is 23.3 Å². The van der Waals surface area contributed by atoms with Gasteiger partial charge in [0.15, 0.2) is 4.80 Å². The molecule has 26 heavy (non-hydrogen) atoms. The summed E-state index contributed by atoms with van der Waals surface area (Å²) in [7, 11) is 0. The van der Waals surface area contributed by atoms with Gasteiger partial charge in [-0.25, -0.2) is 0 Å². The van der Waals surface area contributed by atoms with Crippen LogP contribution in [0.4, 0.5) is 0 Å². The average Bonchev–Trinajstić information content (AvgIpc) is 3.12. The summed E-state index contributed by atoms with van der Waals surface area (Å²) in [5.41, 5.74) is 4.72. The number of benzene rings is 3. The first-order valence-electron chi connectivity index (χ1n) is 8.27. The summed E-state index contributed by atoms with van der Waals surface area (Å²) in [6.45, 7) is 0.683. The second-order valence-corrected chi connectivity index (χ2v) is 6.58. The molecule has 130 valence electrons. The van der Waals surface area contributed by atoms with Crippen molar-refractivity contribution < 1.29 is 0 Å². The molecule has 1 aromatic heterocycles. The SMILES string of the molecule is Br.c1ccc(CN=c2scc(-c3ccccc3)n2-c2ccccc2)cc1. The maximum Gasteiger partial charge on any atom is 0.190 e. The summed E-state index contributed by atoms with van der Waals surface area (Å²) in [5.74, 6) is 0. The highest BCUT2D eigenvalue weighted by atomic mass is 79.9. The Labute approximate surface area is 167 Å². The topological polar surface area (TPSA) is 17.3 Å². The molecule has 0 saturated carbocycles. The van der Waals surface area contributed by atoms with E-state index in [1.54, 1.807) is 11.3 Å². The van der Waals surface area contributed by atoms with Crippen LogP contribution in [0.1, 0.15) is 5.56 Å². The van der Waals surface area contributed by atoms with Crippen LogP contribution in [0.25, 0.3) is 16.9 Å². The van der Waals surface area contributed by atoms with Crippen LogP contribution in [0.3, 0.4) is 0 Å². The van der Waals surface area contributed by atoms with Crippen LogP contribution >= 0.6 is 28.3 Å². The van der Waals surface area contributed by atoms with Crippen molar-refractivity contribution in [3.8, 4) is 16.9 Å². The number of hydrogen-bond acceptors (Lipinski definition) is 2. The van der Waals surface area contributed by atoms with E-state index in [0.29, 0.717) is 6.54 Å². The molecule has 0 radical (unpaired) electrons. The Bertz CT molecular complexity index is 1010. The van der Waals surface area contributed by atoms with Gasteiger partial charge in [0.05, 0.1) is 12.2 Å². The number of aromatic nitrogens is 1. The van der Waals surface area contributed by atoms with E-state index < -0.39 is 0 Å². The highest BCUT2D eigenvalue weighted by molar-refractivity contribution is 8.93. The molecule has 0 N–H and O–H groups in total. The Morgan fingerprint density at radius 3 is 1.96 bits per heavy atom. The minimum atomic E-state index is 0. The largest absolute Gasteiger partial charge is 0.285 e. The van der Waals surface area contributed by atoms with Crippen LogP contribution in [-0.2, 0) is 6.54 Å². The van der Waals surface area contributed by atoms with Crippen molar-refractivity contribution in [1.29, 1.82) is 0 Å². The normalized spacial score (nSPS) is 11.2. The lowest BCUT2D eigenvalue weighted by Gasteiger charge is -2.09. The predicted molar refractivity (Wildman–Crippen MR) is 115 cm³/mol. The van der Waals surface area contributed by atoms with Crippen LogP contribution in [0.15, 0.2) is 101 Å². The van der Waals surface area contributed by atoms with Crippen molar-refractivity contribution in [2.45, 2.75) is 6.54 Å². The third-order valence-corrected chi connectivity index (χ3v) is 4.90. The van der Waals surface area contributed by atoms with Crippen LogP contribution in [-0.4, -0.2) is 4.57 Å². The molecule has 0 fully saturated rings. The lowest BCUT2D eigenvalue weighted by Crippen LogP contribution is -2.14. The van der Waals surface area contributed by atoms with Crippen LogP contribution in [0.5, 0.6) is 0 Å². The van der Waals surface area contributed by atoms with Crippen molar-refractivity contribution in [3.05, 3.63) is 107 Å². The fourth-order valence-corrected chi connectivity index (χ4v) is 3.71. The Kier molecular flexibility index (Phi) is 6.21. The number of thiazole rings is 1. The van der Waals surface area contributed by atoms with Gasteiger partial charge in [0.1, 0.15) is 0 Å². The van der Waals surface area contributed by atoms with Gasteiger partial charge in [-0.2, -0.15) is 0 Å². The van der Waals surface area contributed by atoms with E-state index in [1.165, 1.54) is 16.8 Å². The molecule has 0 unspecified atom stereocenters. The van der Waals surface area contributed by atoms with E-state index in [1.807, 2.05) is 18.2 Å². The predicted octanol–water partition coefficient (Wildman–Crippen LogP) is 5.88. The smallest absolute Gasteiger partial charge is 0.190 e. The standard InChI is InChI=1S/C22H18N2S.BrH/c1-4-10-18(11-5-1)16-23-22-24(20-14-8-3-9-15-20)21(17-25-22)19-12-6-2-7-13-19;/h1-15,17H,16H2;1H. The third-order valence-electron chi connectivity index (χ3n) is 4.03. The molecule has 0 spiro atoms. The fourth-order valence-electron chi connectivity index (χ4n) is 2.80. The van der Waals surface area contributed by atoms with Crippen LogP contribution < -0.4 is 4.80 Å². The Hall–Kier alpha value is -2.43. The van der Waals surface area contributed by atoms with Gasteiger partial charge < -0.3 is 0 Å². The van der Waals surface area contributed by atoms with E-state index in [2.05, 4.69) is 82.7 Å². The van der Waals surface area contributed by atoms with Gasteiger partial charge in [0, 0.05) is 11.1 Å². The van der Waals surface area contributed by atoms with E-state index in [0.717, 1.165) is 10.5 Å². The summed E-state index contributed by atoms with van der Waals surface area (Å²) in [5, 5.41) is 2.19.